The first-order valence-electron chi connectivity index (χ1n) is 8.29. The zero-order valence-electron chi connectivity index (χ0n) is 14.5. The zero-order chi connectivity index (χ0) is 17.6. The lowest BCUT2D eigenvalue weighted by atomic mass is 10.0. The smallest absolute Gasteiger partial charge is 0.159 e. The number of imidazole rings is 1. The van der Waals surface area contributed by atoms with E-state index in [2.05, 4.69) is 41.2 Å². The lowest BCUT2D eigenvalue weighted by Crippen LogP contribution is -1.88. The van der Waals surface area contributed by atoms with Gasteiger partial charge in [0.25, 0.3) is 0 Å². The Bertz CT molecular complexity index is 1020. The number of aliphatic hydroxyl groups is 1. The minimum atomic E-state index is 0.0415. The molecule has 0 amide bonds. The van der Waals surface area contributed by atoms with Gasteiger partial charge in [0.2, 0.25) is 0 Å². The third kappa shape index (κ3) is 2.62. The van der Waals surface area contributed by atoms with E-state index in [1.54, 1.807) is 0 Å². The van der Waals surface area contributed by atoms with Gasteiger partial charge in [-0.05, 0) is 55.2 Å². The molecule has 0 fully saturated rings. The van der Waals surface area contributed by atoms with Crippen molar-refractivity contribution in [2.24, 2.45) is 0 Å². The molecule has 3 N–H and O–H groups in total. The third-order valence-electron chi connectivity index (χ3n) is 4.69. The number of aryl methyl sites for hydroxylation is 3. The fraction of sp³-hybridized carbons (Fsp3) is 0.200. The summed E-state index contributed by atoms with van der Waals surface area (Å²) in [4.78, 5) is 8.13. The van der Waals surface area contributed by atoms with Gasteiger partial charge in [0.1, 0.15) is 5.69 Å². The Morgan fingerprint density at radius 3 is 2.44 bits per heavy atom. The van der Waals surface area contributed by atoms with Gasteiger partial charge in [-0.2, -0.15) is 5.10 Å². The monoisotopic (exact) mass is 332 g/mol. The summed E-state index contributed by atoms with van der Waals surface area (Å²) >= 11 is 0. The average Bonchev–Trinajstić information content (AvgIpc) is 3.18. The molecule has 0 saturated carbocycles. The second-order valence-electron chi connectivity index (χ2n) is 6.47. The molecule has 126 valence electrons. The molecule has 5 heteroatoms. The van der Waals surface area contributed by atoms with E-state index in [1.807, 2.05) is 31.2 Å². The minimum absolute atomic E-state index is 0.0415. The summed E-state index contributed by atoms with van der Waals surface area (Å²) in [7, 11) is 0. The highest BCUT2D eigenvalue weighted by molar-refractivity contribution is 5.85. The van der Waals surface area contributed by atoms with E-state index in [0.717, 1.165) is 44.9 Å². The number of hydrogen-bond acceptors (Lipinski definition) is 3. The molecule has 2 heterocycles. The first-order valence-corrected chi connectivity index (χ1v) is 8.29. The number of fused-ring (bicyclic) bond motifs is 1. The van der Waals surface area contributed by atoms with E-state index in [9.17, 15) is 5.11 Å². The molecule has 0 spiro atoms. The van der Waals surface area contributed by atoms with E-state index in [-0.39, 0.29) is 6.61 Å². The van der Waals surface area contributed by atoms with E-state index in [0.29, 0.717) is 0 Å². The molecular weight excluding hydrogens is 312 g/mol. The molecule has 2 aromatic heterocycles. The normalized spacial score (nSPS) is 11.4. The topological polar surface area (TPSA) is 77.6 Å². The first-order chi connectivity index (χ1) is 12.1. The predicted octanol–water partition coefficient (Wildman–Crippen LogP) is 4.04. The van der Waals surface area contributed by atoms with Crippen LogP contribution < -0.4 is 0 Å². The van der Waals surface area contributed by atoms with Crippen molar-refractivity contribution in [2.45, 2.75) is 27.4 Å². The van der Waals surface area contributed by atoms with Crippen LogP contribution in [-0.4, -0.2) is 25.3 Å². The quantitative estimate of drug-likeness (QED) is 0.530. The number of rotatable bonds is 3. The maximum atomic E-state index is 9.24. The van der Waals surface area contributed by atoms with Gasteiger partial charge in [0.15, 0.2) is 5.82 Å². The van der Waals surface area contributed by atoms with Crippen molar-refractivity contribution in [1.29, 1.82) is 0 Å². The molecule has 4 aromatic rings. The van der Waals surface area contributed by atoms with Gasteiger partial charge in [-0.15, -0.1) is 0 Å². The van der Waals surface area contributed by atoms with Crippen LogP contribution in [-0.2, 0) is 6.61 Å². The van der Waals surface area contributed by atoms with Crippen molar-refractivity contribution in [2.75, 3.05) is 0 Å². The number of aliphatic hydroxyl groups excluding tert-OH is 1. The molecule has 0 atom stereocenters. The summed E-state index contributed by atoms with van der Waals surface area (Å²) in [6.45, 7) is 6.24. The van der Waals surface area contributed by atoms with E-state index >= 15 is 0 Å². The van der Waals surface area contributed by atoms with Gasteiger partial charge in [-0.1, -0.05) is 24.3 Å². The molecular formula is C20H20N4O. The largest absolute Gasteiger partial charge is 0.392 e. The molecule has 0 aliphatic rings. The van der Waals surface area contributed by atoms with Crippen LogP contribution in [0.4, 0.5) is 0 Å². The highest BCUT2D eigenvalue weighted by Gasteiger charge is 2.17. The minimum Gasteiger partial charge on any atom is -0.392 e. The highest BCUT2D eigenvalue weighted by Crippen LogP contribution is 2.33. The molecule has 0 radical (unpaired) electrons. The highest BCUT2D eigenvalue weighted by atomic mass is 16.3. The summed E-state index contributed by atoms with van der Waals surface area (Å²) in [6.07, 6.45) is 0. The fourth-order valence-corrected chi connectivity index (χ4v) is 3.11. The van der Waals surface area contributed by atoms with Crippen LogP contribution in [0.15, 0.2) is 36.4 Å². The summed E-state index contributed by atoms with van der Waals surface area (Å²) < 4.78 is 0. The van der Waals surface area contributed by atoms with Crippen LogP contribution in [0, 0.1) is 20.8 Å². The van der Waals surface area contributed by atoms with Crippen LogP contribution >= 0.6 is 0 Å². The maximum absolute atomic E-state index is 9.24. The number of H-pyrrole nitrogens is 2. The van der Waals surface area contributed by atoms with Gasteiger partial charge < -0.3 is 10.1 Å². The molecule has 0 aliphatic carbocycles. The molecule has 4 rings (SSSR count). The Morgan fingerprint density at radius 2 is 1.72 bits per heavy atom. The number of benzene rings is 2. The lowest BCUT2D eigenvalue weighted by Gasteiger charge is -2.04. The van der Waals surface area contributed by atoms with Gasteiger partial charge in [0, 0.05) is 11.3 Å². The van der Waals surface area contributed by atoms with E-state index in [4.69, 9.17) is 4.98 Å². The number of nitrogens with zero attached hydrogens (tertiary/aromatic N) is 2. The van der Waals surface area contributed by atoms with Crippen molar-refractivity contribution >= 4 is 11.0 Å². The number of aromatic nitrogens is 4. The zero-order valence-corrected chi connectivity index (χ0v) is 14.5. The number of aromatic amines is 2. The predicted molar refractivity (Wildman–Crippen MR) is 99.2 cm³/mol. The van der Waals surface area contributed by atoms with Crippen LogP contribution in [0.2, 0.25) is 0 Å². The number of hydrogen-bond donors (Lipinski definition) is 3. The fourth-order valence-electron chi connectivity index (χ4n) is 3.11. The summed E-state index contributed by atoms with van der Waals surface area (Å²) in [5.74, 6) is 0.755. The van der Waals surface area contributed by atoms with Gasteiger partial charge in [-0.3, -0.25) is 5.10 Å². The second kappa shape index (κ2) is 5.86. The summed E-state index contributed by atoms with van der Waals surface area (Å²) in [6, 6.07) is 12.1. The molecule has 25 heavy (non-hydrogen) atoms. The van der Waals surface area contributed by atoms with Crippen molar-refractivity contribution in [3.8, 4) is 22.6 Å². The van der Waals surface area contributed by atoms with Crippen molar-refractivity contribution < 1.29 is 5.11 Å². The van der Waals surface area contributed by atoms with Crippen molar-refractivity contribution in [3.05, 3.63) is 58.8 Å². The van der Waals surface area contributed by atoms with E-state index < -0.39 is 0 Å². The maximum Gasteiger partial charge on any atom is 0.159 e. The van der Waals surface area contributed by atoms with Crippen molar-refractivity contribution in [3.63, 3.8) is 0 Å². The lowest BCUT2D eigenvalue weighted by molar-refractivity contribution is 0.282. The van der Waals surface area contributed by atoms with Gasteiger partial charge in [-0.25, -0.2) is 4.98 Å². The summed E-state index contributed by atoms with van der Waals surface area (Å²) in [5, 5.41) is 16.8. The Kier molecular flexibility index (Phi) is 3.66. The summed E-state index contributed by atoms with van der Waals surface area (Å²) in [5.41, 5.74) is 9.18. The molecule has 0 saturated heterocycles. The van der Waals surface area contributed by atoms with Crippen LogP contribution in [0.1, 0.15) is 22.4 Å². The van der Waals surface area contributed by atoms with Crippen LogP contribution in [0.5, 0.6) is 0 Å². The molecule has 0 bridgehead atoms. The standard InChI is InChI=1S/C20H20N4O/c1-11-8-16-17(9-12(11)2)22-20(21-16)19-18(13(3)23-24-19)15-6-4-14(10-25)5-7-15/h4-9,25H,10H2,1-3H3,(H,21,22)(H,23,24). The first kappa shape index (κ1) is 15.6. The SMILES string of the molecule is Cc1cc2nc(-c3n[nH]c(C)c3-c3ccc(CO)cc3)[nH]c2cc1C. The third-order valence-corrected chi connectivity index (χ3v) is 4.69. The van der Waals surface area contributed by atoms with Crippen molar-refractivity contribution in [1.82, 2.24) is 20.2 Å². The van der Waals surface area contributed by atoms with Crippen LogP contribution in [0.25, 0.3) is 33.7 Å². The average molecular weight is 332 g/mol. The van der Waals surface area contributed by atoms with Gasteiger partial charge in [0.05, 0.1) is 17.6 Å². The molecule has 0 unspecified atom stereocenters. The Balaban J connectivity index is 1.86. The van der Waals surface area contributed by atoms with Crippen LogP contribution in [0.3, 0.4) is 0 Å². The molecule has 5 nitrogen and oxygen atoms in total. The molecule has 0 aliphatic heterocycles. The Morgan fingerprint density at radius 1 is 1.00 bits per heavy atom. The Labute approximate surface area is 145 Å². The van der Waals surface area contributed by atoms with E-state index in [1.165, 1.54) is 11.1 Å². The number of nitrogens with one attached hydrogen (secondary N) is 2. The molecule has 2 aromatic carbocycles. The van der Waals surface area contributed by atoms with Gasteiger partial charge >= 0.3 is 0 Å². The second-order valence-corrected chi connectivity index (χ2v) is 6.47. The Hall–Kier alpha value is -2.92.